The highest BCUT2D eigenvalue weighted by Gasteiger charge is 2.38. The number of rotatable bonds is 2. The maximum absolute atomic E-state index is 11.8. The molecule has 1 aliphatic heterocycles. The van der Waals surface area contributed by atoms with Gasteiger partial charge in [0.25, 0.3) is 5.79 Å². The summed E-state index contributed by atoms with van der Waals surface area (Å²) in [6.07, 6.45) is 2.06. The zero-order valence-corrected chi connectivity index (χ0v) is 11.6. The molecule has 0 aliphatic carbocycles. The Morgan fingerprint density at radius 2 is 1.80 bits per heavy atom. The van der Waals surface area contributed by atoms with Gasteiger partial charge in [0.1, 0.15) is 11.3 Å². The minimum absolute atomic E-state index is 0.0138. The molecule has 0 radical (unpaired) electrons. The van der Waals surface area contributed by atoms with Crippen LogP contribution in [0.1, 0.15) is 31.9 Å². The minimum atomic E-state index is -1.27. The first-order valence-corrected chi connectivity index (χ1v) is 6.32. The van der Waals surface area contributed by atoms with E-state index in [-0.39, 0.29) is 11.3 Å². The van der Waals surface area contributed by atoms with Crippen molar-refractivity contribution < 1.29 is 24.2 Å². The van der Waals surface area contributed by atoms with Crippen LogP contribution in [-0.4, -0.2) is 22.8 Å². The standard InChI is InChI=1S/C15H16O5/c1-4-9-5-6-12(16)10(7-9)8-11-13(17)19-15(2,3)20-14(11)18/h5-8,16H,4H2,1-3H3. The molecule has 106 valence electrons. The second-order valence-corrected chi connectivity index (χ2v) is 4.98. The normalized spacial score (nSPS) is 17.4. The van der Waals surface area contributed by atoms with E-state index in [0.29, 0.717) is 5.56 Å². The van der Waals surface area contributed by atoms with Crippen LogP contribution in [0.3, 0.4) is 0 Å². The molecule has 1 saturated heterocycles. The van der Waals surface area contributed by atoms with Crippen LogP contribution in [-0.2, 0) is 25.5 Å². The molecule has 1 fully saturated rings. The summed E-state index contributed by atoms with van der Waals surface area (Å²) in [4.78, 5) is 23.6. The fraction of sp³-hybridized carbons (Fsp3) is 0.333. The summed E-state index contributed by atoms with van der Waals surface area (Å²) in [6, 6.07) is 5.01. The van der Waals surface area contributed by atoms with Crippen LogP contribution >= 0.6 is 0 Å². The Balaban J connectivity index is 2.40. The van der Waals surface area contributed by atoms with Gasteiger partial charge in [0, 0.05) is 19.4 Å². The first-order chi connectivity index (χ1) is 9.32. The number of phenolic OH excluding ortho intramolecular Hbond substituents is 1. The van der Waals surface area contributed by atoms with Gasteiger partial charge in [-0.05, 0) is 30.2 Å². The minimum Gasteiger partial charge on any atom is -0.507 e. The third-order valence-electron chi connectivity index (χ3n) is 2.92. The molecule has 1 heterocycles. The van der Waals surface area contributed by atoms with E-state index < -0.39 is 17.7 Å². The van der Waals surface area contributed by atoms with Crippen LogP contribution in [0.5, 0.6) is 5.75 Å². The number of phenols is 1. The van der Waals surface area contributed by atoms with Crippen molar-refractivity contribution in [2.45, 2.75) is 33.0 Å². The summed E-state index contributed by atoms with van der Waals surface area (Å²) in [7, 11) is 0. The lowest BCUT2D eigenvalue weighted by Gasteiger charge is -2.29. The number of hydrogen-bond donors (Lipinski definition) is 1. The van der Waals surface area contributed by atoms with Crippen LogP contribution < -0.4 is 0 Å². The molecule has 0 saturated carbocycles. The Kier molecular flexibility index (Phi) is 3.53. The molecule has 5 heteroatoms. The molecule has 0 atom stereocenters. The van der Waals surface area contributed by atoms with Gasteiger partial charge in [0.2, 0.25) is 0 Å². The predicted octanol–water partition coefficient (Wildman–Crippen LogP) is 2.17. The topological polar surface area (TPSA) is 72.8 Å². The lowest BCUT2D eigenvalue weighted by atomic mass is 10.0. The van der Waals surface area contributed by atoms with Crippen LogP contribution in [0, 0.1) is 0 Å². The Morgan fingerprint density at radius 3 is 2.35 bits per heavy atom. The number of benzene rings is 1. The second-order valence-electron chi connectivity index (χ2n) is 4.98. The Bertz CT molecular complexity index is 576. The van der Waals surface area contributed by atoms with Crippen molar-refractivity contribution in [3.05, 3.63) is 34.9 Å². The van der Waals surface area contributed by atoms with E-state index >= 15 is 0 Å². The third kappa shape index (κ3) is 2.82. The summed E-state index contributed by atoms with van der Waals surface area (Å²) in [5.41, 5.74) is 1.13. The molecule has 0 unspecified atom stereocenters. The molecule has 20 heavy (non-hydrogen) atoms. The number of carbonyl (C=O) groups excluding carboxylic acids is 2. The van der Waals surface area contributed by atoms with E-state index in [0.717, 1.165) is 12.0 Å². The van der Waals surface area contributed by atoms with E-state index in [9.17, 15) is 14.7 Å². The quantitative estimate of drug-likeness (QED) is 0.509. The first-order valence-electron chi connectivity index (χ1n) is 6.32. The second kappa shape index (κ2) is 5.00. The average molecular weight is 276 g/mol. The van der Waals surface area contributed by atoms with Crippen LogP contribution in [0.2, 0.25) is 0 Å². The number of carbonyl (C=O) groups is 2. The van der Waals surface area contributed by atoms with Crippen LogP contribution in [0.4, 0.5) is 0 Å². The van der Waals surface area contributed by atoms with Gasteiger partial charge in [-0.25, -0.2) is 9.59 Å². The highest BCUT2D eigenvalue weighted by Crippen LogP contribution is 2.27. The number of hydrogen-bond acceptors (Lipinski definition) is 5. The zero-order chi connectivity index (χ0) is 14.9. The summed E-state index contributed by atoms with van der Waals surface area (Å²) >= 11 is 0. The highest BCUT2D eigenvalue weighted by molar-refractivity contribution is 6.19. The van der Waals surface area contributed by atoms with Crippen molar-refractivity contribution >= 4 is 18.0 Å². The number of aryl methyl sites for hydroxylation is 1. The number of aromatic hydroxyl groups is 1. The van der Waals surface area contributed by atoms with Gasteiger partial charge in [-0.2, -0.15) is 0 Å². The van der Waals surface area contributed by atoms with Gasteiger partial charge in [0.15, 0.2) is 0 Å². The molecule has 0 bridgehead atoms. The molecular formula is C15H16O5. The monoisotopic (exact) mass is 276 g/mol. The highest BCUT2D eigenvalue weighted by atomic mass is 16.7. The van der Waals surface area contributed by atoms with Gasteiger partial charge < -0.3 is 14.6 Å². The number of esters is 2. The fourth-order valence-corrected chi connectivity index (χ4v) is 1.87. The molecule has 1 N–H and O–H groups in total. The molecule has 5 nitrogen and oxygen atoms in total. The van der Waals surface area contributed by atoms with Crippen molar-refractivity contribution in [3.63, 3.8) is 0 Å². The lowest BCUT2D eigenvalue weighted by molar-refractivity contribution is -0.222. The Morgan fingerprint density at radius 1 is 1.20 bits per heavy atom. The summed E-state index contributed by atoms with van der Waals surface area (Å²) in [5.74, 6) is -2.79. The summed E-state index contributed by atoms with van der Waals surface area (Å²) in [6.45, 7) is 4.93. The zero-order valence-electron chi connectivity index (χ0n) is 11.6. The largest absolute Gasteiger partial charge is 0.507 e. The van der Waals surface area contributed by atoms with E-state index in [4.69, 9.17) is 9.47 Å². The maximum Gasteiger partial charge on any atom is 0.348 e. The van der Waals surface area contributed by atoms with Crippen molar-refractivity contribution in [1.29, 1.82) is 0 Å². The molecule has 1 aromatic carbocycles. The van der Waals surface area contributed by atoms with Gasteiger partial charge in [0.05, 0.1) is 0 Å². The van der Waals surface area contributed by atoms with Crippen molar-refractivity contribution in [3.8, 4) is 5.75 Å². The van der Waals surface area contributed by atoms with Crippen LogP contribution in [0.15, 0.2) is 23.8 Å². The summed E-state index contributed by atoms with van der Waals surface area (Å²) < 4.78 is 9.99. The smallest absolute Gasteiger partial charge is 0.348 e. The molecule has 2 rings (SSSR count). The molecule has 1 aromatic rings. The van der Waals surface area contributed by atoms with E-state index in [1.807, 2.05) is 6.92 Å². The fourth-order valence-electron chi connectivity index (χ4n) is 1.87. The van der Waals surface area contributed by atoms with Gasteiger partial charge in [-0.3, -0.25) is 0 Å². The molecular weight excluding hydrogens is 260 g/mol. The number of ether oxygens (including phenoxy) is 2. The van der Waals surface area contributed by atoms with E-state index in [1.54, 1.807) is 12.1 Å². The van der Waals surface area contributed by atoms with Crippen molar-refractivity contribution in [1.82, 2.24) is 0 Å². The molecule has 0 spiro atoms. The van der Waals surface area contributed by atoms with Gasteiger partial charge in [-0.1, -0.05) is 13.0 Å². The van der Waals surface area contributed by atoms with Crippen molar-refractivity contribution in [2.24, 2.45) is 0 Å². The summed E-state index contributed by atoms with van der Waals surface area (Å²) in [5, 5.41) is 9.79. The van der Waals surface area contributed by atoms with E-state index in [1.165, 1.54) is 26.0 Å². The first kappa shape index (κ1) is 14.1. The predicted molar refractivity (Wildman–Crippen MR) is 71.7 cm³/mol. The average Bonchev–Trinajstić information content (AvgIpc) is 2.34. The molecule has 1 aliphatic rings. The van der Waals surface area contributed by atoms with Crippen LogP contribution in [0.25, 0.3) is 6.08 Å². The Hall–Kier alpha value is -2.30. The lowest BCUT2D eigenvalue weighted by Crippen LogP contribution is -2.41. The third-order valence-corrected chi connectivity index (χ3v) is 2.92. The Labute approximate surface area is 116 Å². The molecule has 0 amide bonds. The van der Waals surface area contributed by atoms with Gasteiger partial charge >= 0.3 is 11.9 Å². The van der Waals surface area contributed by atoms with Crippen molar-refractivity contribution in [2.75, 3.05) is 0 Å². The maximum atomic E-state index is 11.8. The van der Waals surface area contributed by atoms with Gasteiger partial charge in [-0.15, -0.1) is 0 Å². The molecule has 0 aromatic heterocycles. The SMILES string of the molecule is CCc1ccc(O)c(C=C2C(=O)OC(C)(C)OC2=O)c1. The number of cyclic esters (lactones) is 2. The van der Waals surface area contributed by atoms with E-state index in [2.05, 4.69) is 0 Å².